The predicted molar refractivity (Wildman–Crippen MR) is 52.2 cm³/mol. The molecule has 0 heterocycles. The van der Waals surface area contributed by atoms with E-state index in [0.717, 1.165) is 12.8 Å². The first-order valence-electron chi connectivity index (χ1n) is 5.37. The smallest absolute Gasteiger partial charge is 0.389 e. The van der Waals surface area contributed by atoms with Gasteiger partial charge in [0, 0.05) is 6.42 Å². The van der Waals surface area contributed by atoms with Gasteiger partial charge in [-0.2, -0.15) is 13.2 Å². The highest BCUT2D eigenvalue weighted by atomic mass is 19.4. The number of halogens is 3. The first-order chi connectivity index (χ1) is 7.78. The van der Waals surface area contributed by atoms with E-state index in [2.05, 4.69) is 5.32 Å². The normalized spacial score (nSPS) is 17.6. The molecular formula is C10H14F3NO3. The quantitative estimate of drug-likeness (QED) is 0.757. The van der Waals surface area contributed by atoms with Gasteiger partial charge in [0.15, 0.2) is 0 Å². The van der Waals surface area contributed by atoms with Gasteiger partial charge in [-0.3, -0.25) is 4.79 Å². The van der Waals surface area contributed by atoms with Crippen molar-refractivity contribution in [1.29, 1.82) is 0 Å². The van der Waals surface area contributed by atoms with Crippen LogP contribution in [0, 0.1) is 5.92 Å². The fourth-order valence-corrected chi connectivity index (χ4v) is 1.43. The summed E-state index contributed by atoms with van der Waals surface area (Å²) in [5.74, 6) is -1.79. The fourth-order valence-electron chi connectivity index (χ4n) is 1.43. The molecule has 0 spiro atoms. The van der Waals surface area contributed by atoms with Gasteiger partial charge in [-0.05, 0) is 12.3 Å². The minimum Gasteiger partial charge on any atom is -0.480 e. The van der Waals surface area contributed by atoms with Crippen LogP contribution in [0.4, 0.5) is 13.2 Å². The molecule has 0 saturated heterocycles. The molecule has 4 nitrogen and oxygen atoms in total. The summed E-state index contributed by atoms with van der Waals surface area (Å²) in [4.78, 5) is 21.9. The fraction of sp³-hybridized carbons (Fsp3) is 0.800. The summed E-state index contributed by atoms with van der Waals surface area (Å²) in [7, 11) is 0. The van der Waals surface area contributed by atoms with E-state index < -0.39 is 36.9 Å². The second kappa shape index (κ2) is 5.37. The Balaban J connectivity index is 2.32. The molecule has 1 aliphatic carbocycles. The summed E-state index contributed by atoms with van der Waals surface area (Å²) in [5.41, 5.74) is 0. The number of carboxylic acids is 1. The number of hydrogen-bond acceptors (Lipinski definition) is 2. The van der Waals surface area contributed by atoms with E-state index >= 15 is 0 Å². The third kappa shape index (κ3) is 6.13. The average molecular weight is 253 g/mol. The molecule has 0 bridgehead atoms. The lowest BCUT2D eigenvalue weighted by Gasteiger charge is -2.14. The number of carboxylic acid groups (broad SMARTS) is 1. The van der Waals surface area contributed by atoms with Crippen LogP contribution in [-0.2, 0) is 9.59 Å². The molecule has 1 fully saturated rings. The molecule has 0 radical (unpaired) electrons. The largest absolute Gasteiger partial charge is 0.480 e. The van der Waals surface area contributed by atoms with Crippen molar-refractivity contribution in [3.8, 4) is 0 Å². The van der Waals surface area contributed by atoms with Crippen LogP contribution < -0.4 is 5.32 Å². The number of aliphatic carboxylic acids is 1. The molecule has 0 aromatic heterocycles. The Morgan fingerprint density at radius 1 is 1.35 bits per heavy atom. The van der Waals surface area contributed by atoms with E-state index in [-0.39, 0.29) is 5.92 Å². The van der Waals surface area contributed by atoms with Crippen molar-refractivity contribution in [3.05, 3.63) is 0 Å². The van der Waals surface area contributed by atoms with Crippen LogP contribution in [0.25, 0.3) is 0 Å². The van der Waals surface area contributed by atoms with Crippen molar-refractivity contribution in [3.63, 3.8) is 0 Å². The standard InChI is InChI=1S/C10H14F3NO3/c11-10(12,13)4-3-8(15)14-7(9(16)17)5-6-1-2-6/h6-7H,1-5H2,(H,14,15)(H,16,17). The third-order valence-electron chi connectivity index (χ3n) is 2.53. The van der Waals surface area contributed by atoms with Crippen molar-refractivity contribution in [1.82, 2.24) is 5.32 Å². The van der Waals surface area contributed by atoms with E-state index in [1.54, 1.807) is 0 Å². The zero-order valence-electron chi connectivity index (χ0n) is 9.09. The minimum atomic E-state index is -4.40. The first-order valence-corrected chi connectivity index (χ1v) is 5.37. The van der Waals surface area contributed by atoms with E-state index in [4.69, 9.17) is 5.11 Å². The number of rotatable bonds is 6. The zero-order chi connectivity index (χ0) is 13.1. The molecule has 0 aromatic carbocycles. The van der Waals surface area contributed by atoms with Crippen molar-refractivity contribution < 1.29 is 27.9 Å². The Hall–Kier alpha value is -1.27. The highest BCUT2D eigenvalue weighted by molar-refractivity contribution is 5.83. The Kier molecular flexibility index (Phi) is 4.36. The molecule has 2 N–H and O–H groups in total. The Morgan fingerprint density at radius 2 is 1.94 bits per heavy atom. The van der Waals surface area contributed by atoms with Crippen LogP contribution >= 0.6 is 0 Å². The van der Waals surface area contributed by atoms with Crippen LogP contribution in [-0.4, -0.2) is 29.2 Å². The van der Waals surface area contributed by atoms with Crippen LogP contribution in [0.1, 0.15) is 32.1 Å². The van der Waals surface area contributed by atoms with Crippen LogP contribution in [0.15, 0.2) is 0 Å². The van der Waals surface area contributed by atoms with Gasteiger partial charge in [0.25, 0.3) is 0 Å². The molecular weight excluding hydrogens is 239 g/mol. The van der Waals surface area contributed by atoms with Gasteiger partial charge in [0.1, 0.15) is 6.04 Å². The number of hydrogen-bond donors (Lipinski definition) is 2. The summed E-state index contributed by atoms with van der Waals surface area (Å²) >= 11 is 0. The van der Waals surface area contributed by atoms with E-state index in [0.29, 0.717) is 6.42 Å². The van der Waals surface area contributed by atoms with Gasteiger partial charge in [-0.15, -0.1) is 0 Å². The maximum Gasteiger partial charge on any atom is 0.389 e. The maximum atomic E-state index is 11.8. The topological polar surface area (TPSA) is 66.4 Å². The highest BCUT2D eigenvalue weighted by Gasteiger charge is 2.32. The van der Waals surface area contributed by atoms with Crippen LogP contribution in [0.2, 0.25) is 0 Å². The van der Waals surface area contributed by atoms with Gasteiger partial charge in [0.05, 0.1) is 6.42 Å². The van der Waals surface area contributed by atoms with Crippen LogP contribution in [0.5, 0.6) is 0 Å². The van der Waals surface area contributed by atoms with Gasteiger partial charge < -0.3 is 10.4 Å². The summed E-state index contributed by atoms with van der Waals surface area (Å²) in [6.45, 7) is 0. The van der Waals surface area contributed by atoms with Crippen molar-refractivity contribution >= 4 is 11.9 Å². The lowest BCUT2D eigenvalue weighted by atomic mass is 10.1. The molecule has 1 unspecified atom stereocenters. The third-order valence-corrected chi connectivity index (χ3v) is 2.53. The van der Waals surface area contributed by atoms with Crippen molar-refractivity contribution in [2.45, 2.75) is 44.3 Å². The minimum absolute atomic E-state index is 0.277. The van der Waals surface area contributed by atoms with Gasteiger partial charge >= 0.3 is 12.1 Å². The average Bonchev–Trinajstić information content (AvgIpc) is 2.96. The first kappa shape index (κ1) is 13.8. The summed E-state index contributed by atoms with van der Waals surface area (Å²) in [6.07, 6.45) is -4.21. The molecule has 7 heteroatoms. The highest BCUT2D eigenvalue weighted by Crippen LogP contribution is 2.33. The predicted octanol–water partition coefficient (Wildman–Crippen LogP) is 1.70. The molecule has 1 amide bonds. The maximum absolute atomic E-state index is 11.8. The monoisotopic (exact) mass is 253 g/mol. The molecule has 0 aliphatic heterocycles. The number of nitrogens with one attached hydrogen (secondary N) is 1. The Morgan fingerprint density at radius 3 is 2.35 bits per heavy atom. The number of amides is 1. The Labute approximate surface area is 96.2 Å². The lowest BCUT2D eigenvalue weighted by molar-refractivity contribution is -0.147. The molecule has 1 saturated carbocycles. The van der Waals surface area contributed by atoms with Gasteiger partial charge in [0.2, 0.25) is 5.91 Å². The molecule has 1 rings (SSSR count). The summed E-state index contributed by atoms with van der Waals surface area (Å²) < 4.78 is 35.5. The number of carbonyl (C=O) groups excluding carboxylic acids is 1. The molecule has 1 aliphatic rings. The van der Waals surface area contributed by atoms with Crippen LogP contribution in [0.3, 0.4) is 0 Å². The summed E-state index contributed by atoms with van der Waals surface area (Å²) in [5, 5.41) is 10.9. The SMILES string of the molecule is O=C(CCC(F)(F)F)NC(CC1CC1)C(=O)O. The molecule has 17 heavy (non-hydrogen) atoms. The van der Waals surface area contributed by atoms with Gasteiger partial charge in [-0.25, -0.2) is 4.79 Å². The number of carbonyl (C=O) groups is 2. The molecule has 98 valence electrons. The van der Waals surface area contributed by atoms with Crippen molar-refractivity contribution in [2.75, 3.05) is 0 Å². The second-order valence-electron chi connectivity index (χ2n) is 4.25. The Bertz CT molecular complexity index is 300. The molecule has 1 atom stereocenters. The zero-order valence-corrected chi connectivity index (χ0v) is 9.09. The van der Waals surface area contributed by atoms with Crippen molar-refractivity contribution in [2.24, 2.45) is 5.92 Å². The second-order valence-corrected chi connectivity index (χ2v) is 4.25. The van der Waals surface area contributed by atoms with Gasteiger partial charge in [-0.1, -0.05) is 12.8 Å². The van der Waals surface area contributed by atoms with E-state index in [9.17, 15) is 22.8 Å². The molecule has 0 aromatic rings. The van der Waals surface area contributed by atoms with E-state index in [1.165, 1.54) is 0 Å². The summed E-state index contributed by atoms with van der Waals surface area (Å²) in [6, 6.07) is -1.07. The number of alkyl halides is 3. The van der Waals surface area contributed by atoms with E-state index in [1.807, 2.05) is 0 Å². The lowest BCUT2D eigenvalue weighted by Crippen LogP contribution is -2.41.